The Hall–Kier alpha value is -1.15. The monoisotopic (exact) mass is 206 g/mol. The fraction of sp³-hybridized carbons (Fsp3) is 0.385. The van der Waals surface area contributed by atoms with Crippen LogP contribution >= 0.6 is 0 Å². The van der Waals surface area contributed by atoms with Gasteiger partial charge in [-0.3, -0.25) is 0 Å². The van der Waals surface area contributed by atoms with Crippen LogP contribution in [0.3, 0.4) is 0 Å². The molecule has 1 unspecified atom stereocenters. The molecule has 0 radical (unpaired) electrons. The third kappa shape index (κ3) is 2.90. The highest BCUT2D eigenvalue weighted by Gasteiger charge is 2.21. The molecule has 0 spiro atoms. The molecule has 1 nitrogen and oxygen atoms in total. The number of rotatable bonds is 5. The van der Waals surface area contributed by atoms with Crippen molar-refractivity contribution in [2.45, 2.75) is 25.4 Å². The van der Waals surface area contributed by atoms with E-state index in [0.717, 1.165) is 37.0 Å². The largest absolute Gasteiger partial charge is 0.373 e. The molecule has 0 aromatic heterocycles. The Morgan fingerprint density at radius 2 is 2.33 bits per heavy atom. The van der Waals surface area contributed by atoms with E-state index in [-0.39, 0.29) is 5.82 Å². The van der Waals surface area contributed by atoms with Gasteiger partial charge < -0.3 is 4.74 Å². The zero-order chi connectivity index (χ0) is 10.7. The second-order valence-corrected chi connectivity index (χ2v) is 3.89. The maximum atomic E-state index is 13.0. The van der Waals surface area contributed by atoms with E-state index in [2.05, 4.69) is 6.58 Å². The van der Waals surface area contributed by atoms with Gasteiger partial charge in [0, 0.05) is 0 Å². The molecule has 0 N–H and O–H groups in total. The van der Waals surface area contributed by atoms with E-state index in [1.807, 2.05) is 0 Å². The first-order valence-corrected chi connectivity index (χ1v) is 5.32. The van der Waals surface area contributed by atoms with Gasteiger partial charge in [0.05, 0.1) is 12.7 Å². The normalized spacial score (nSPS) is 18.9. The highest BCUT2D eigenvalue weighted by atomic mass is 19.1. The number of ether oxygens (including phenoxy) is 1. The zero-order valence-corrected chi connectivity index (χ0v) is 8.71. The van der Waals surface area contributed by atoms with Gasteiger partial charge >= 0.3 is 0 Å². The molecule has 1 aromatic rings. The highest BCUT2D eigenvalue weighted by molar-refractivity contribution is 5.51. The van der Waals surface area contributed by atoms with E-state index in [9.17, 15) is 4.39 Å². The standard InChI is InChI=1S/C13H15FO/c1-2-10-6-7-12(14)8-11(10)4-3-5-13-9-15-13/h2,6-8,13H,1,3-5,9H2. The van der Waals surface area contributed by atoms with Gasteiger partial charge in [-0.15, -0.1) is 0 Å². The summed E-state index contributed by atoms with van der Waals surface area (Å²) in [5.74, 6) is -0.168. The summed E-state index contributed by atoms with van der Waals surface area (Å²) >= 11 is 0. The summed E-state index contributed by atoms with van der Waals surface area (Å²) in [4.78, 5) is 0. The van der Waals surface area contributed by atoms with Gasteiger partial charge in [-0.05, 0) is 42.5 Å². The topological polar surface area (TPSA) is 12.5 Å². The average Bonchev–Trinajstić information content (AvgIpc) is 3.02. The van der Waals surface area contributed by atoms with Crippen molar-refractivity contribution in [3.8, 4) is 0 Å². The zero-order valence-electron chi connectivity index (χ0n) is 8.71. The van der Waals surface area contributed by atoms with E-state index >= 15 is 0 Å². The van der Waals surface area contributed by atoms with Crippen LogP contribution in [0.25, 0.3) is 6.08 Å². The van der Waals surface area contributed by atoms with Crippen LogP contribution < -0.4 is 0 Å². The van der Waals surface area contributed by atoms with Crippen LogP contribution in [0.1, 0.15) is 24.0 Å². The molecular formula is C13H15FO. The predicted octanol–water partition coefficient (Wildman–Crippen LogP) is 3.19. The molecule has 80 valence electrons. The van der Waals surface area contributed by atoms with E-state index < -0.39 is 0 Å². The second kappa shape index (κ2) is 4.58. The molecule has 0 amide bonds. The highest BCUT2D eigenvalue weighted by Crippen LogP contribution is 2.20. The van der Waals surface area contributed by atoms with Crippen LogP contribution in [0.5, 0.6) is 0 Å². The molecule has 15 heavy (non-hydrogen) atoms. The Morgan fingerprint density at radius 3 is 3.00 bits per heavy atom. The van der Waals surface area contributed by atoms with Crippen molar-refractivity contribution < 1.29 is 9.13 Å². The van der Waals surface area contributed by atoms with E-state index in [1.54, 1.807) is 18.2 Å². The van der Waals surface area contributed by atoms with Gasteiger partial charge in [0.25, 0.3) is 0 Å². The molecule has 1 aliphatic heterocycles. The number of epoxide rings is 1. The first-order valence-electron chi connectivity index (χ1n) is 5.32. The Balaban J connectivity index is 1.97. The smallest absolute Gasteiger partial charge is 0.123 e. The summed E-state index contributed by atoms with van der Waals surface area (Å²) in [5, 5.41) is 0. The summed E-state index contributed by atoms with van der Waals surface area (Å²) < 4.78 is 18.2. The maximum absolute atomic E-state index is 13.0. The predicted molar refractivity (Wildman–Crippen MR) is 59.2 cm³/mol. The number of hydrogen-bond donors (Lipinski definition) is 0. The lowest BCUT2D eigenvalue weighted by atomic mass is 10.0. The number of benzene rings is 1. The van der Waals surface area contributed by atoms with Crippen molar-refractivity contribution in [3.63, 3.8) is 0 Å². The van der Waals surface area contributed by atoms with E-state index in [0.29, 0.717) is 6.10 Å². The molecule has 1 heterocycles. The van der Waals surface area contributed by atoms with Gasteiger partial charge in [0.2, 0.25) is 0 Å². The summed E-state index contributed by atoms with van der Waals surface area (Å²) in [6, 6.07) is 4.86. The van der Waals surface area contributed by atoms with Crippen molar-refractivity contribution >= 4 is 6.08 Å². The quantitative estimate of drug-likeness (QED) is 0.674. The molecule has 0 bridgehead atoms. The molecule has 1 atom stereocenters. The molecule has 0 saturated carbocycles. The fourth-order valence-corrected chi connectivity index (χ4v) is 1.74. The SMILES string of the molecule is C=Cc1ccc(F)cc1CCCC1CO1. The van der Waals surface area contributed by atoms with Crippen molar-refractivity contribution in [1.29, 1.82) is 0 Å². The molecule has 2 rings (SSSR count). The van der Waals surface area contributed by atoms with Crippen LogP contribution in [0.4, 0.5) is 4.39 Å². The first-order chi connectivity index (χ1) is 7.29. The molecule has 1 fully saturated rings. The Kier molecular flexibility index (Phi) is 3.17. The van der Waals surface area contributed by atoms with Gasteiger partial charge in [-0.2, -0.15) is 0 Å². The lowest BCUT2D eigenvalue weighted by Crippen LogP contribution is -1.94. The van der Waals surface area contributed by atoms with Crippen molar-refractivity contribution in [2.75, 3.05) is 6.61 Å². The number of hydrogen-bond acceptors (Lipinski definition) is 1. The average molecular weight is 206 g/mol. The first kappa shape index (κ1) is 10.4. The molecule has 1 aliphatic rings. The van der Waals surface area contributed by atoms with Crippen LogP contribution in [0.2, 0.25) is 0 Å². The maximum Gasteiger partial charge on any atom is 0.123 e. The van der Waals surface area contributed by atoms with Gasteiger partial charge in [0.15, 0.2) is 0 Å². The third-order valence-electron chi connectivity index (χ3n) is 2.70. The Morgan fingerprint density at radius 1 is 1.53 bits per heavy atom. The van der Waals surface area contributed by atoms with Crippen LogP contribution in [0, 0.1) is 5.82 Å². The number of aryl methyl sites for hydroxylation is 1. The van der Waals surface area contributed by atoms with Gasteiger partial charge in [-0.1, -0.05) is 18.7 Å². The van der Waals surface area contributed by atoms with Gasteiger partial charge in [-0.25, -0.2) is 4.39 Å². The number of halogens is 1. The van der Waals surface area contributed by atoms with Crippen LogP contribution in [0.15, 0.2) is 24.8 Å². The van der Waals surface area contributed by atoms with Crippen molar-refractivity contribution in [3.05, 3.63) is 41.7 Å². The van der Waals surface area contributed by atoms with E-state index in [1.165, 1.54) is 6.07 Å². The van der Waals surface area contributed by atoms with Crippen molar-refractivity contribution in [1.82, 2.24) is 0 Å². The summed E-state index contributed by atoms with van der Waals surface area (Å²) in [7, 11) is 0. The fourth-order valence-electron chi connectivity index (χ4n) is 1.74. The molecule has 1 aromatic carbocycles. The molecule has 2 heteroatoms. The van der Waals surface area contributed by atoms with E-state index in [4.69, 9.17) is 4.74 Å². The summed E-state index contributed by atoms with van der Waals surface area (Å²) in [6.07, 6.45) is 5.27. The van der Waals surface area contributed by atoms with Crippen LogP contribution in [-0.2, 0) is 11.2 Å². The van der Waals surface area contributed by atoms with Crippen LogP contribution in [-0.4, -0.2) is 12.7 Å². The van der Waals surface area contributed by atoms with Gasteiger partial charge in [0.1, 0.15) is 5.82 Å². The second-order valence-electron chi connectivity index (χ2n) is 3.89. The minimum atomic E-state index is -0.168. The lowest BCUT2D eigenvalue weighted by Gasteiger charge is -2.05. The molecular weight excluding hydrogens is 191 g/mol. The van der Waals surface area contributed by atoms with Crippen molar-refractivity contribution in [2.24, 2.45) is 0 Å². The molecule has 1 saturated heterocycles. The minimum absolute atomic E-state index is 0.168. The molecule has 0 aliphatic carbocycles. The Labute approximate surface area is 89.6 Å². The summed E-state index contributed by atoms with van der Waals surface area (Å²) in [6.45, 7) is 4.63. The Bertz CT molecular complexity index is 356. The minimum Gasteiger partial charge on any atom is -0.373 e. The third-order valence-corrected chi connectivity index (χ3v) is 2.70. The summed E-state index contributed by atoms with van der Waals surface area (Å²) in [5.41, 5.74) is 2.08. The lowest BCUT2D eigenvalue weighted by molar-refractivity contribution is 0.392.